The monoisotopic (exact) mass is 112 g/mol. The van der Waals surface area contributed by atoms with E-state index in [9.17, 15) is 0 Å². The topological polar surface area (TPSA) is 34.4 Å². The quantitative estimate of drug-likeness (QED) is 0.337. The van der Waals surface area contributed by atoms with Gasteiger partial charge in [0.1, 0.15) is 0 Å². The first-order chi connectivity index (χ1) is 1.73. The molecule has 0 aromatic heterocycles. The fraction of sp³-hybridized carbons (Fsp3) is 1.00. The van der Waals surface area contributed by atoms with Crippen molar-refractivity contribution >= 4 is 0 Å². The van der Waals surface area contributed by atoms with Crippen molar-refractivity contribution < 1.29 is 22.8 Å². The fourth-order valence-corrected chi connectivity index (χ4v) is 0. The van der Waals surface area contributed by atoms with Crippen molar-refractivity contribution in [3.05, 3.63) is 0 Å². The molecule has 0 aromatic carbocycles. The lowest BCUT2D eigenvalue weighted by atomic mass is 11.0. The first kappa shape index (κ1) is 16.4. The summed E-state index contributed by atoms with van der Waals surface area (Å²) < 4.78 is 0. The Kier molecular flexibility index (Phi) is 24.4. The molecule has 0 aromatic rings. The molecule has 2 N–H and O–H groups in total. The van der Waals surface area contributed by atoms with Gasteiger partial charge in [-0.05, 0) is 0 Å². The van der Waals surface area contributed by atoms with Crippen LogP contribution < -0.4 is 17.3 Å². The summed E-state index contributed by atoms with van der Waals surface area (Å²) in [5.74, 6) is 0. The SMILES string of the molecule is C[NH+](C)C.[Cl-].[OH-]. The van der Waals surface area contributed by atoms with Gasteiger partial charge in [0, 0.05) is 0 Å². The van der Waals surface area contributed by atoms with Gasteiger partial charge in [0.15, 0.2) is 0 Å². The van der Waals surface area contributed by atoms with E-state index < -0.39 is 0 Å². The van der Waals surface area contributed by atoms with Crippen LogP contribution in [0, 0.1) is 0 Å². The summed E-state index contributed by atoms with van der Waals surface area (Å²) in [5, 5.41) is 0. The van der Waals surface area contributed by atoms with Crippen LogP contribution in [-0.2, 0) is 0 Å². The lowest BCUT2D eigenvalue weighted by molar-refractivity contribution is -0.836. The third-order valence-electron chi connectivity index (χ3n) is 0. The van der Waals surface area contributed by atoms with Gasteiger partial charge >= 0.3 is 0 Å². The maximum atomic E-state index is 2.08. The minimum Gasteiger partial charge on any atom is -1.00 e. The predicted octanol–water partition coefficient (Wildman–Crippen LogP) is -4.41. The van der Waals surface area contributed by atoms with Crippen molar-refractivity contribution in [2.45, 2.75) is 0 Å². The molecule has 6 heavy (non-hydrogen) atoms. The van der Waals surface area contributed by atoms with Crippen LogP contribution in [0.1, 0.15) is 0 Å². The Balaban J connectivity index is -0.0000000450. The zero-order valence-corrected chi connectivity index (χ0v) is 5.08. The molecule has 0 aliphatic carbocycles. The third kappa shape index (κ3) is 984. The van der Waals surface area contributed by atoms with Crippen molar-refractivity contribution in [1.29, 1.82) is 0 Å². The van der Waals surface area contributed by atoms with Gasteiger partial charge in [0.2, 0.25) is 0 Å². The van der Waals surface area contributed by atoms with E-state index in [1.165, 1.54) is 4.90 Å². The van der Waals surface area contributed by atoms with Crippen molar-refractivity contribution in [2.75, 3.05) is 21.1 Å². The summed E-state index contributed by atoms with van der Waals surface area (Å²) in [6.07, 6.45) is 0. The highest BCUT2D eigenvalue weighted by atomic mass is 35.5. The molecule has 0 amide bonds. The molecular weight excluding hydrogens is 101 g/mol. The molecule has 0 saturated heterocycles. The van der Waals surface area contributed by atoms with Crippen LogP contribution in [0.3, 0.4) is 0 Å². The van der Waals surface area contributed by atoms with Gasteiger partial charge < -0.3 is 22.8 Å². The van der Waals surface area contributed by atoms with Gasteiger partial charge in [-0.25, -0.2) is 0 Å². The van der Waals surface area contributed by atoms with Gasteiger partial charge in [0.05, 0.1) is 21.1 Å². The summed E-state index contributed by atoms with van der Waals surface area (Å²) in [6, 6.07) is 0. The van der Waals surface area contributed by atoms with Crippen LogP contribution in [0.2, 0.25) is 0 Å². The van der Waals surface area contributed by atoms with Crippen molar-refractivity contribution in [3.63, 3.8) is 0 Å². The Hall–Kier alpha value is 0.210. The molecular formula is C3H11ClNO-. The Morgan fingerprint density at radius 2 is 1.00 bits per heavy atom. The number of hydrogen-bond donors (Lipinski definition) is 1. The summed E-state index contributed by atoms with van der Waals surface area (Å²) in [4.78, 5) is 1.42. The normalized spacial score (nSPS) is 6.00. The zero-order chi connectivity index (χ0) is 3.58. The second-order valence-corrected chi connectivity index (χ2v) is 1.50. The molecule has 0 aliphatic heterocycles. The third-order valence-corrected chi connectivity index (χ3v) is 0. The van der Waals surface area contributed by atoms with Gasteiger partial charge in [-0.15, -0.1) is 0 Å². The standard InChI is InChI=1S/C3H9N.ClH.H2O/c1-4(2)3;;/h1-3H3;1H;1H2/p-1. The van der Waals surface area contributed by atoms with Gasteiger partial charge in [-0.3, -0.25) is 0 Å². The lowest BCUT2D eigenvalue weighted by Gasteiger charge is -1.88. The maximum Gasteiger partial charge on any atom is 0.0661 e. The first-order valence-electron chi connectivity index (χ1n) is 1.50. The summed E-state index contributed by atoms with van der Waals surface area (Å²) >= 11 is 0. The molecule has 0 bridgehead atoms. The smallest absolute Gasteiger partial charge is 0.0661 e. The van der Waals surface area contributed by atoms with E-state index >= 15 is 0 Å². The van der Waals surface area contributed by atoms with Gasteiger partial charge in [0.25, 0.3) is 0 Å². The zero-order valence-electron chi connectivity index (χ0n) is 4.33. The molecule has 0 saturated carbocycles. The molecule has 2 nitrogen and oxygen atoms in total. The van der Waals surface area contributed by atoms with E-state index in [0.29, 0.717) is 0 Å². The highest BCUT2D eigenvalue weighted by molar-refractivity contribution is 3.59. The molecule has 0 heterocycles. The summed E-state index contributed by atoms with van der Waals surface area (Å²) in [6.45, 7) is 0. The van der Waals surface area contributed by atoms with E-state index in [-0.39, 0.29) is 17.9 Å². The highest BCUT2D eigenvalue weighted by Gasteiger charge is 1.61. The highest BCUT2D eigenvalue weighted by Crippen LogP contribution is 0.864. The number of nitrogens with one attached hydrogen (secondary N) is 1. The van der Waals surface area contributed by atoms with E-state index in [4.69, 9.17) is 0 Å². The van der Waals surface area contributed by atoms with Crippen molar-refractivity contribution in [3.8, 4) is 0 Å². The minimum atomic E-state index is 0. The van der Waals surface area contributed by atoms with Crippen molar-refractivity contribution in [2.24, 2.45) is 0 Å². The first-order valence-corrected chi connectivity index (χ1v) is 1.50. The van der Waals surface area contributed by atoms with E-state index in [1.54, 1.807) is 0 Å². The van der Waals surface area contributed by atoms with Crippen LogP contribution in [0.5, 0.6) is 0 Å². The second-order valence-electron chi connectivity index (χ2n) is 1.50. The van der Waals surface area contributed by atoms with Crippen LogP contribution in [0.15, 0.2) is 0 Å². The van der Waals surface area contributed by atoms with Gasteiger partial charge in [-0.2, -0.15) is 0 Å². The average Bonchev–Trinajstić information content (AvgIpc) is 0.811. The van der Waals surface area contributed by atoms with E-state index in [1.807, 2.05) is 0 Å². The number of hydrogen-bond acceptors (Lipinski definition) is 1. The average molecular weight is 113 g/mol. The van der Waals surface area contributed by atoms with Crippen molar-refractivity contribution in [1.82, 2.24) is 0 Å². The molecule has 0 spiro atoms. The summed E-state index contributed by atoms with van der Waals surface area (Å²) in [7, 11) is 6.25. The van der Waals surface area contributed by atoms with Crippen LogP contribution in [-0.4, -0.2) is 26.6 Å². The number of rotatable bonds is 0. The molecule has 0 fully saturated rings. The molecule has 0 atom stereocenters. The molecule has 0 unspecified atom stereocenters. The van der Waals surface area contributed by atoms with Crippen LogP contribution in [0.25, 0.3) is 0 Å². The lowest BCUT2D eigenvalue weighted by Crippen LogP contribution is -3.02. The largest absolute Gasteiger partial charge is 1.00 e. The Labute approximate surface area is 44.9 Å². The fourth-order valence-electron chi connectivity index (χ4n) is 0. The molecule has 3 heteroatoms. The second kappa shape index (κ2) is 8.96. The number of halogens is 1. The summed E-state index contributed by atoms with van der Waals surface area (Å²) in [5.41, 5.74) is 0. The number of quaternary nitrogens is 1. The molecule has 0 aliphatic rings. The van der Waals surface area contributed by atoms with Crippen LogP contribution in [0.4, 0.5) is 0 Å². The Bertz CT molecular complexity index is 15.5. The molecule has 0 rings (SSSR count). The van der Waals surface area contributed by atoms with Crippen LogP contribution >= 0.6 is 0 Å². The molecule has 0 radical (unpaired) electrons. The van der Waals surface area contributed by atoms with E-state index in [0.717, 1.165) is 0 Å². The Morgan fingerprint density at radius 1 is 1.00 bits per heavy atom. The van der Waals surface area contributed by atoms with E-state index in [2.05, 4.69) is 21.1 Å². The minimum absolute atomic E-state index is 0. The maximum absolute atomic E-state index is 2.08. The molecule has 42 valence electrons. The predicted molar refractivity (Wildman–Crippen MR) is 20.7 cm³/mol. The Morgan fingerprint density at radius 3 is 1.00 bits per heavy atom. The van der Waals surface area contributed by atoms with Gasteiger partial charge in [-0.1, -0.05) is 0 Å².